The smallest absolute Gasteiger partial charge is 0.193 e. The second-order valence-corrected chi connectivity index (χ2v) is 7.31. The zero-order chi connectivity index (χ0) is 18.0. The average Bonchev–Trinajstić information content (AvgIpc) is 2.74. The molecule has 0 saturated carbocycles. The van der Waals surface area contributed by atoms with Crippen LogP contribution in [0.3, 0.4) is 0 Å². The molecule has 0 fully saturated rings. The van der Waals surface area contributed by atoms with Crippen LogP contribution in [0, 0.1) is 12.3 Å². The number of hydrogen-bond donors (Lipinski definition) is 0. The normalized spacial score (nSPS) is 16.0. The summed E-state index contributed by atoms with van der Waals surface area (Å²) in [6.07, 6.45) is 8.81. The van der Waals surface area contributed by atoms with Gasteiger partial charge in [-0.3, -0.25) is 4.79 Å². The molecular weight excluding hydrogens is 304 g/mol. The Morgan fingerprint density at radius 3 is 2.24 bits per heavy atom. The molecule has 1 heteroatoms. The Balaban J connectivity index is 2.07. The molecule has 2 aromatic rings. The molecule has 1 aliphatic rings. The van der Waals surface area contributed by atoms with Crippen LogP contribution in [0.25, 0.3) is 5.57 Å². The molecule has 0 saturated heterocycles. The van der Waals surface area contributed by atoms with Gasteiger partial charge in [0.25, 0.3) is 0 Å². The van der Waals surface area contributed by atoms with E-state index in [0.717, 1.165) is 16.7 Å². The van der Waals surface area contributed by atoms with E-state index in [1.54, 1.807) is 0 Å². The van der Waals surface area contributed by atoms with Crippen LogP contribution in [0.1, 0.15) is 47.8 Å². The minimum absolute atomic E-state index is 0.0361. The summed E-state index contributed by atoms with van der Waals surface area (Å²) in [5.41, 5.74) is 6.19. The van der Waals surface area contributed by atoms with Crippen molar-refractivity contribution < 1.29 is 4.79 Å². The van der Waals surface area contributed by atoms with E-state index in [-0.39, 0.29) is 11.2 Å². The predicted octanol–water partition coefficient (Wildman–Crippen LogP) is 6.15. The molecule has 126 valence electrons. The Morgan fingerprint density at radius 1 is 0.840 bits per heavy atom. The van der Waals surface area contributed by atoms with Crippen LogP contribution in [-0.2, 0) is 0 Å². The van der Waals surface area contributed by atoms with E-state index in [1.165, 1.54) is 16.7 Å². The minimum Gasteiger partial charge on any atom is -0.289 e. The molecular formula is C24H24O. The summed E-state index contributed by atoms with van der Waals surface area (Å²) in [4.78, 5) is 12.8. The molecule has 0 heterocycles. The van der Waals surface area contributed by atoms with Crippen LogP contribution < -0.4 is 0 Å². The van der Waals surface area contributed by atoms with Crippen LogP contribution in [0.2, 0.25) is 0 Å². The molecule has 0 unspecified atom stereocenters. The van der Waals surface area contributed by atoms with Gasteiger partial charge in [-0.1, -0.05) is 80.6 Å². The van der Waals surface area contributed by atoms with Crippen LogP contribution in [-0.4, -0.2) is 5.78 Å². The third-order valence-electron chi connectivity index (χ3n) is 4.69. The number of allylic oxidation sites excluding steroid dienone is 6. The number of benzene rings is 2. The molecule has 0 aromatic heterocycles. The third-order valence-corrected chi connectivity index (χ3v) is 4.69. The first-order valence-electron chi connectivity index (χ1n) is 8.67. The van der Waals surface area contributed by atoms with Crippen molar-refractivity contribution in [2.45, 2.75) is 27.7 Å². The van der Waals surface area contributed by atoms with Crippen molar-refractivity contribution in [1.29, 1.82) is 0 Å². The Kier molecular flexibility index (Phi) is 4.59. The molecule has 3 rings (SSSR count). The zero-order valence-electron chi connectivity index (χ0n) is 15.3. The number of hydrogen-bond acceptors (Lipinski definition) is 1. The maximum Gasteiger partial charge on any atom is 0.193 e. The second-order valence-electron chi connectivity index (χ2n) is 7.31. The standard InChI is InChI=1S/C24H24O/c1-17-10-11-20(23(25)19-8-6-5-7-9-19)16-22(17)21-13-15-24(3,4)14-12-18(21)2/h5-16H,1-4H3. The van der Waals surface area contributed by atoms with Crippen LogP contribution in [0.15, 0.2) is 78.4 Å². The van der Waals surface area contributed by atoms with Crippen molar-refractivity contribution >= 4 is 11.4 Å². The number of aryl methyl sites for hydroxylation is 1. The fourth-order valence-electron chi connectivity index (χ4n) is 3.03. The van der Waals surface area contributed by atoms with Crippen molar-refractivity contribution in [3.05, 3.63) is 101 Å². The van der Waals surface area contributed by atoms with E-state index in [4.69, 9.17) is 0 Å². The molecule has 0 amide bonds. The second kappa shape index (κ2) is 6.68. The summed E-state index contributed by atoms with van der Waals surface area (Å²) in [5.74, 6) is 0.0635. The molecule has 1 aliphatic carbocycles. The van der Waals surface area contributed by atoms with Gasteiger partial charge in [0.2, 0.25) is 0 Å². The van der Waals surface area contributed by atoms with Gasteiger partial charge in [-0.15, -0.1) is 0 Å². The summed E-state index contributed by atoms with van der Waals surface area (Å²) in [5, 5.41) is 0. The molecule has 25 heavy (non-hydrogen) atoms. The van der Waals surface area contributed by atoms with Gasteiger partial charge in [-0.25, -0.2) is 0 Å². The molecule has 0 bridgehead atoms. The van der Waals surface area contributed by atoms with Gasteiger partial charge in [0, 0.05) is 16.5 Å². The van der Waals surface area contributed by atoms with Crippen LogP contribution in [0.5, 0.6) is 0 Å². The van der Waals surface area contributed by atoms with Gasteiger partial charge in [0.1, 0.15) is 0 Å². The van der Waals surface area contributed by atoms with E-state index in [1.807, 2.05) is 48.5 Å². The highest BCUT2D eigenvalue weighted by atomic mass is 16.1. The monoisotopic (exact) mass is 328 g/mol. The molecule has 0 spiro atoms. The summed E-state index contributed by atoms with van der Waals surface area (Å²) in [6, 6.07) is 15.4. The van der Waals surface area contributed by atoms with Gasteiger partial charge in [0.05, 0.1) is 0 Å². The number of rotatable bonds is 3. The van der Waals surface area contributed by atoms with E-state index >= 15 is 0 Å². The van der Waals surface area contributed by atoms with Gasteiger partial charge in [-0.05, 0) is 42.2 Å². The Morgan fingerprint density at radius 2 is 1.52 bits per heavy atom. The highest BCUT2D eigenvalue weighted by Gasteiger charge is 2.16. The fraction of sp³-hybridized carbons (Fsp3) is 0.208. The Labute approximate surface area is 150 Å². The van der Waals surface area contributed by atoms with Gasteiger partial charge >= 0.3 is 0 Å². The van der Waals surface area contributed by atoms with Crippen molar-refractivity contribution in [3.8, 4) is 0 Å². The topological polar surface area (TPSA) is 17.1 Å². The zero-order valence-corrected chi connectivity index (χ0v) is 15.3. The van der Waals surface area contributed by atoms with Gasteiger partial charge in [-0.2, -0.15) is 0 Å². The summed E-state index contributed by atoms with van der Waals surface area (Å²) < 4.78 is 0. The maximum atomic E-state index is 12.8. The van der Waals surface area contributed by atoms with Gasteiger partial charge in [0.15, 0.2) is 5.78 Å². The number of carbonyl (C=O) groups excluding carboxylic acids is 1. The molecule has 0 radical (unpaired) electrons. The first-order valence-corrected chi connectivity index (χ1v) is 8.67. The first kappa shape index (κ1) is 17.2. The van der Waals surface area contributed by atoms with Crippen LogP contribution in [0.4, 0.5) is 0 Å². The lowest BCUT2D eigenvalue weighted by atomic mass is 9.91. The molecule has 2 aromatic carbocycles. The summed E-state index contributed by atoms with van der Waals surface area (Å²) in [6.45, 7) is 8.61. The summed E-state index contributed by atoms with van der Waals surface area (Å²) >= 11 is 0. The van der Waals surface area contributed by atoms with Crippen molar-refractivity contribution in [3.63, 3.8) is 0 Å². The van der Waals surface area contributed by atoms with E-state index in [0.29, 0.717) is 0 Å². The van der Waals surface area contributed by atoms with Crippen molar-refractivity contribution in [2.75, 3.05) is 0 Å². The lowest BCUT2D eigenvalue weighted by Crippen LogP contribution is -2.03. The Hall–Kier alpha value is -2.67. The quantitative estimate of drug-likeness (QED) is 0.617. The Bertz CT molecular complexity index is 893. The molecule has 0 atom stereocenters. The van der Waals surface area contributed by atoms with Crippen molar-refractivity contribution in [2.24, 2.45) is 5.41 Å². The third kappa shape index (κ3) is 3.71. The first-order chi connectivity index (χ1) is 11.9. The van der Waals surface area contributed by atoms with E-state index in [2.05, 4.69) is 52.0 Å². The highest BCUT2D eigenvalue weighted by molar-refractivity contribution is 6.09. The molecule has 1 nitrogen and oxygen atoms in total. The maximum absolute atomic E-state index is 12.8. The molecule has 0 aliphatic heterocycles. The fourth-order valence-corrected chi connectivity index (χ4v) is 3.03. The number of ketones is 1. The van der Waals surface area contributed by atoms with E-state index < -0.39 is 0 Å². The number of carbonyl (C=O) groups is 1. The van der Waals surface area contributed by atoms with Gasteiger partial charge < -0.3 is 0 Å². The SMILES string of the molecule is CC1=C(c2cc(C(=O)c3ccccc3)ccc2C)C=CC(C)(C)C=C1. The summed E-state index contributed by atoms with van der Waals surface area (Å²) in [7, 11) is 0. The lowest BCUT2D eigenvalue weighted by Gasteiger charge is -2.13. The average molecular weight is 328 g/mol. The lowest BCUT2D eigenvalue weighted by molar-refractivity contribution is 0.103. The molecule has 0 N–H and O–H groups in total. The largest absolute Gasteiger partial charge is 0.289 e. The predicted molar refractivity (Wildman–Crippen MR) is 106 cm³/mol. The van der Waals surface area contributed by atoms with Crippen LogP contribution >= 0.6 is 0 Å². The van der Waals surface area contributed by atoms with E-state index in [9.17, 15) is 4.79 Å². The highest BCUT2D eigenvalue weighted by Crippen LogP contribution is 2.32. The minimum atomic E-state index is 0.0361. The van der Waals surface area contributed by atoms with Crippen molar-refractivity contribution in [1.82, 2.24) is 0 Å².